The van der Waals surface area contributed by atoms with Gasteiger partial charge in [-0.3, -0.25) is 9.89 Å². The minimum absolute atomic E-state index is 0.00955. The van der Waals surface area contributed by atoms with Crippen molar-refractivity contribution in [3.63, 3.8) is 0 Å². The van der Waals surface area contributed by atoms with Gasteiger partial charge in [0.2, 0.25) is 0 Å². The van der Waals surface area contributed by atoms with E-state index < -0.39 is 0 Å². The minimum Gasteiger partial charge on any atom is -0.396 e. The highest BCUT2D eigenvalue weighted by atomic mass is 16.3. The third-order valence-corrected chi connectivity index (χ3v) is 3.16. The molecule has 1 aromatic carbocycles. The van der Waals surface area contributed by atoms with Crippen molar-refractivity contribution in [3.05, 3.63) is 29.5 Å². The molecule has 0 fully saturated rings. The van der Waals surface area contributed by atoms with Gasteiger partial charge in [0, 0.05) is 25.1 Å². The Morgan fingerprint density at radius 1 is 1.30 bits per heavy atom. The zero-order valence-electron chi connectivity index (χ0n) is 11.5. The summed E-state index contributed by atoms with van der Waals surface area (Å²) < 4.78 is 0. The van der Waals surface area contributed by atoms with Crippen molar-refractivity contribution in [1.82, 2.24) is 15.1 Å². The van der Waals surface area contributed by atoms with E-state index in [1.165, 1.54) is 4.90 Å². The van der Waals surface area contributed by atoms with Gasteiger partial charge in [0.1, 0.15) is 0 Å². The molecule has 2 aromatic rings. The van der Waals surface area contributed by atoms with Crippen LogP contribution >= 0.6 is 0 Å². The number of nitrogens with zero attached hydrogens (tertiary/aromatic N) is 2. The number of rotatable bonds is 6. The van der Waals surface area contributed by atoms with Crippen LogP contribution in [0.3, 0.4) is 0 Å². The second-order valence-corrected chi connectivity index (χ2v) is 4.71. The number of hydrogen-bond donors (Lipinski definition) is 3. The van der Waals surface area contributed by atoms with Gasteiger partial charge in [-0.1, -0.05) is 11.6 Å². The van der Waals surface area contributed by atoms with Crippen LogP contribution in [-0.2, 0) is 0 Å². The van der Waals surface area contributed by atoms with Crippen molar-refractivity contribution >= 4 is 16.8 Å². The van der Waals surface area contributed by atoms with Gasteiger partial charge in [-0.15, -0.1) is 0 Å². The standard InChI is InChI=1S/C14H19N3O3/c1-10-3-4-12-11(9-10)13(16-15-12)14(20)17(6-8-19)5-2-7-18/h3-4,9,18-19H,2,5-8H2,1H3,(H,15,16). The predicted octanol–water partition coefficient (Wildman–Crippen LogP) is 0.688. The van der Waals surface area contributed by atoms with Crippen LogP contribution in [0.25, 0.3) is 10.9 Å². The van der Waals surface area contributed by atoms with Gasteiger partial charge in [0.15, 0.2) is 5.69 Å². The van der Waals surface area contributed by atoms with E-state index in [0.717, 1.165) is 16.5 Å². The van der Waals surface area contributed by atoms with Crippen molar-refractivity contribution in [2.45, 2.75) is 13.3 Å². The summed E-state index contributed by atoms with van der Waals surface area (Å²) in [4.78, 5) is 14.0. The fourth-order valence-electron chi connectivity index (χ4n) is 2.14. The molecule has 0 saturated heterocycles. The molecule has 20 heavy (non-hydrogen) atoms. The van der Waals surface area contributed by atoms with Gasteiger partial charge in [0.25, 0.3) is 5.91 Å². The number of aromatic amines is 1. The van der Waals surface area contributed by atoms with E-state index in [1.807, 2.05) is 25.1 Å². The molecule has 6 heteroatoms. The third kappa shape index (κ3) is 2.97. The fourth-order valence-corrected chi connectivity index (χ4v) is 2.14. The monoisotopic (exact) mass is 277 g/mol. The number of aliphatic hydroxyl groups excluding tert-OH is 2. The number of benzene rings is 1. The van der Waals surface area contributed by atoms with Crippen molar-refractivity contribution in [2.75, 3.05) is 26.3 Å². The van der Waals surface area contributed by atoms with Crippen LogP contribution < -0.4 is 0 Å². The molecule has 0 aliphatic heterocycles. The Kier molecular flexibility index (Phi) is 4.70. The molecule has 6 nitrogen and oxygen atoms in total. The lowest BCUT2D eigenvalue weighted by Crippen LogP contribution is -2.35. The highest BCUT2D eigenvalue weighted by Crippen LogP contribution is 2.19. The largest absolute Gasteiger partial charge is 0.396 e. The number of fused-ring (bicyclic) bond motifs is 1. The summed E-state index contributed by atoms with van der Waals surface area (Å²) in [7, 11) is 0. The Balaban J connectivity index is 2.30. The van der Waals surface area contributed by atoms with E-state index in [4.69, 9.17) is 10.2 Å². The molecule has 0 unspecified atom stereocenters. The van der Waals surface area contributed by atoms with Crippen LogP contribution in [0.5, 0.6) is 0 Å². The van der Waals surface area contributed by atoms with Crippen LogP contribution in [0.4, 0.5) is 0 Å². The van der Waals surface area contributed by atoms with Gasteiger partial charge in [-0.2, -0.15) is 5.10 Å². The van der Waals surface area contributed by atoms with Crippen molar-refractivity contribution in [1.29, 1.82) is 0 Å². The van der Waals surface area contributed by atoms with Crippen molar-refractivity contribution in [2.24, 2.45) is 0 Å². The first-order valence-corrected chi connectivity index (χ1v) is 6.63. The molecule has 0 saturated carbocycles. The molecule has 1 amide bonds. The number of hydrogen-bond acceptors (Lipinski definition) is 4. The maximum atomic E-state index is 12.5. The number of carbonyl (C=O) groups excluding carboxylic acids is 1. The van der Waals surface area contributed by atoms with Crippen LogP contribution in [-0.4, -0.2) is 57.5 Å². The molecule has 0 aliphatic carbocycles. The minimum atomic E-state index is -0.232. The summed E-state index contributed by atoms with van der Waals surface area (Å²) in [6.07, 6.45) is 0.479. The summed E-state index contributed by atoms with van der Waals surface area (Å²) in [6.45, 7) is 2.49. The van der Waals surface area contributed by atoms with Gasteiger partial charge in [-0.05, 0) is 25.5 Å². The van der Waals surface area contributed by atoms with Crippen LogP contribution in [0.1, 0.15) is 22.5 Å². The van der Waals surface area contributed by atoms with Gasteiger partial charge in [0.05, 0.1) is 12.1 Å². The lowest BCUT2D eigenvalue weighted by molar-refractivity contribution is 0.0706. The van der Waals surface area contributed by atoms with Crippen molar-refractivity contribution < 1.29 is 15.0 Å². The molecular formula is C14H19N3O3. The summed E-state index contributed by atoms with van der Waals surface area (Å²) in [5.41, 5.74) is 2.22. The second-order valence-electron chi connectivity index (χ2n) is 4.71. The van der Waals surface area contributed by atoms with Gasteiger partial charge < -0.3 is 15.1 Å². The number of carbonyl (C=O) groups is 1. The molecule has 0 atom stereocenters. The first kappa shape index (κ1) is 14.5. The van der Waals surface area contributed by atoms with Crippen LogP contribution in [0, 0.1) is 6.92 Å². The van der Waals surface area contributed by atoms with E-state index in [9.17, 15) is 4.79 Å². The highest BCUT2D eigenvalue weighted by molar-refractivity contribution is 6.04. The lowest BCUT2D eigenvalue weighted by atomic mass is 10.1. The first-order chi connectivity index (χ1) is 9.67. The van der Waals surface area contributed by atoms with Gasteiger partial charge in [-0.25, -0.2) is 0 Å². The van der Waals surface area contributed by atoms with E-state index in [2.05, 4.69) is 10.2 Å². The molecule has 108 valence electrons. The smallest absolute Gasteiger partial charge is 0.275 e. The van der Waals surface area contributed by atoms with E-state index >= 15 is 0 Å². The summed E-state index contributed by atoms with van der Waals surface area (Å²) >= 11 is 0. The number of aliphatic hydroxyl groups is 2. The molecule has 0 bridgehead atoms. The quantitative estimate of drug-likeness (QED) is 0.724. The maximum absolute atomic E-state index is 12.5. The average Bonchev–Trinajstić information content (AvgIpc) is 2.85. The number of aryl methyl sites for hydroxylation is 1. The highest BCUT2D eigenvalue weighted by Gasteiger charge is 2.20. The number of aromatic nitrogens is 2. The van der Waals surface area contributed by atoms with Gasteiger partial charge >= 0.3 is 0 Å². The first-order valence-electron chi connectivity index (χ1n) is 6.63. The van der Waals surface area contributed by atoms with E-state index in [1.54, 1.807) is 0 Å². The molecule has 0 spiro atoms. The Bertz CT molecular complexity index is 594. The van der Waals surface area contributed by atoms with E-state index in [0.29, 0.717) is 18.7 Å². The fraction of sp³-hybridized carbons (Fsp3) is 0.429. The summed E-state index contributed by atoms with van der Waals surface area (Å²) in [5, 5.41) is 25.6. The Hall–Kier alpha value is -1.92. The number of amides is 1. The molecule has 0 aliphatic rings. The zero-order valence-corrected chi connectivity index (χ0v) is 11.5. The Morgan fingerprint density at radius 2 is 2.10 bits per heavy atom. The molecular weight excluding hydrogens is 258 g/mol. The SMILES string of the molecule is Cc1ccc2[nH]nc(C(=O)N(CCO)CCCO)c2c1. The second kappa shape index (κ2) is 6.49. The Labute approximate surface area is 117 Å². The lowest BCUT2D eigenvalue weighted by Gasteiger charge is -2.20. The van der Waals surface area contributed by atoms with Crippen molar-refractivity contribution in [3.8, 4) is 0 Å². The maximum Gasteiger partial charge on any atom is 0.275 e. The molecule has 0 radical (unpaired) electrons. The summed E-state index contributed by atoms with van der Waals surface area (Å²) in [6, 6.07) is 5.75. The number of nitrogens with one attached hydrogen (secondary N) is 1. The third-order valence-electron chi connectivity index (χ3n) is 3.16. The summed E-state index contributed by atoms with van der Waals surface area (Å²) in [5.74, 6) is -0.232. The normalized spacial score (nSPS) is 10.9. The molecule has 1 heterocycles. The molecule has 3 N–H and O–H groups in total. The number of H-pyrrole nitrogens is 1. The zero-order chi connectivity index (χ0) is 14.5. The van der Waals surface area contributed by atoms with E-state index in [-0.39, 0.29) is 25.7 Å². The molecule has 1 aromatic heterocycles. The van der Waals surface area contributed by atoms with Crippen LogP contribution in [0.2, 0.25) is 0 Å². The van der Waals surface area contributed by atoms with Crippen LogP contribution in [0.15, 0.2) is 18.2 Å². The topological polar surface area (TPSA) is 89.5 Å². The average molecular weight is 277 g/mol. The Morgan fingerprint density at radius 3 is 2.80 bits per heavy atom. The molecule has 2 rings (SSSR count). The predicted molar refractivity (Wildman–Crippen MR) is 75.5 cm³/mol.